The Balaban J connectivity index is 0.627. The van der Waals surface area contributed by atoms with Gasteiger partial charge in [0.15, 0.2) is 0 Å². The number of aromatic nitrogens is 9. The number of aryl methyl sites for hydroxylation is 3. The lowest BCUT2D eigenvalue weighted by Gasteiger charge is -2.40. The number of halogens is 3. The van der Waals surface area contributed by atoms with Crippen molar-refractivity contribution in [3.63, 3.8) is 0 Å². The van der Waals surface area contributed by atoms with Gasteiger partial charge in [0.25, 0.3) is 35.4 Å². The molecule has 3 atom stereocenters. The van der Waals surface area contributed by atoms with Crippen molar-refractivity contribution in [1.82, 2.24) is 72.4 Å². The molecule has 0 radical (unpaired) electrons. The van der Waals surface area contributed by atoms with Crippen LogP contribution in [0.25, 0.3) is 33.8 Å². The van der Waals surface area contributed by atoms with Gasteiger partial charge in [-0.05, 0) is 219 Å². The van der Waals surface area contributed by atoms with Crippen LogP contribution in [-0.2, 0) is 99.7 Å². The summed E-state index contributed by atoms with van der Waals surface area (Å²) in [7, 11) is -0.0374. The fraction of sp³-hybridized carbons (Fsp3) is 0.289. The lowest BCUT2D eigenvalue weighted by atomic mass is 9.92. The van der Waals surface area contributed by atoms with Gasteiger partial charge in [0.2, 0.25) is 0 Å². The van der Waals surface area contributed by atoms with Crippen molar-refractivity contribution >= 4 is 112 Å². The molecule has 0 unspecified atom stereocenters. The van der Waals surface area contributed by atoms with Crippen LogP contribution in [0.4, 0.5) is 34.1 Å². The molecule has 0 saturated carbocycles. The smallest absolute Gasteiger partial charge is 0.386 e. The maximum atomic E-state index is 16.6. The van der Waals surface area contributed by atoms with E-state index in [1.54, 1.807) is 128 Å². The van der Waals surface area contributed by atoms with E-state index in [0.717, 1.165) is 47.4 Å². The van der Waals surface area contributed by atoms with Crippen LogP contribution in [0.5, 0.6) is 17.2 Å². The first kappa shape index (κ1) is 89.7. The average Bonchev–Trinajstić information content (AvgIpc) is 1.62. The Morgan fingerprint density at radius 1 is 0.356 bits per heavy atom. The number of hydrogen-bond acceptors (Lipinski definition) is 19. The van der Waals surface area contributed by atoms with Crippen molar-refractivity contribution in [2.24, 2.45) is 42.1 Å². The number of rotatable bonds is 27. The molecule has 6 aliphatic heterocycles. The number of fused-ring (bicyclic) bond motifs is 3. The average molecular weight is 2090 g/mol. The zero-order valence-electron chi connectivity index (χ0n) is 91.8. The van der Waals surface area contributed by atoms with E-state index >= 15 is 33.3 Å². The molecule has 6 aromatic heterocycles. The van der Waals surface area contributed by atoms with Crippen LogP contribution in [0.15, 0.2) is 256 Å². The Labute approximate surface area is 891 Å². The molecule has 35 heteroatoms. The summed E-state index contributed by atoms with van der Waals surface area (Å²) >= 11 is 20.7. The minimum Gasteiger partial charge on any atom is -0.386 e. The molecular weight excluding hydrogens is 1970 g/mol. The molecule has 764 valence electrons. The van der Waals surface area contributed by atoms with E-state index in [4.69, 9.17) is 74.9 Å². The third-order valence-electron chi connectivity index (χ3n) is 29.4. The number of hydrogen-bond donors (Lipinski definition) is 0. The molecule has 0 N–H and O–H groups in total. The van der Waals surface area contributed by atoms with Gasteiger partial charge < -0.3 is 56.2 Å². The van der Waals surface area contributed by atoms with Crippen LogP contribution >= 0.6 is 42.6 Å². The topological polar surface area (TPSA) is 272 Å². The van der Waals surface area contributed by atoms with Gasteiger partial charge >= 0.3 is 7.82 Å². The second-order valence-electron chi connectivity index (χ2n) is 38.3. The van der Waals surface area contributed by atoms with Crippen LogP contribution in [-0.4, -0.2) is 225 Å². The minimum absolute atomic E-state index is 0.00401. The van der Waals surface area contributed by atoms with Crippen molar-refractivity contribution < 1.29 is 73.5 Å². The van der Waals surface area contributed by atoms with E-state index in [1.165, 1.54) is 125 Å². The van der Waals surface area contributed by atoms with Gasteiger partial charge in [0.1, 0.15) is 17.2 Å². The van der Waals surface area contributed by atoms with Crippen LogP contribution in [0, 0.1) is 20.8 Å². The summed E-state index contributed by atoms with van der Waals surface area (Å²) in [4.78, 5) is 111. The largest absolute Gasteiger partial charge is 0.647 e. The maximum Gasteiger partial charge on any atom is 0.647 e. The van der Waals surface area contributed by atoms with Gasteiger partial charge in [-0.3, -0.25) is 72.2 Å². The van der Waals surface area contributed by atoms with Crippen molar-refractivity contribution in [2.75, 3.05) is 113 Å². The Kier molecular flexibility index (Phi) is 25.7. The maximum absolute atomic E-state index is 16.6. The highest BCUT2D eigenvalue weighted by molar-refractivity contribution is 7.49. The molecule has 6 amide bonds. The molecule has 0 aliphatic carbocycles. The van der Waals surface area contributed by atoms with Crippen molar-refractivity contribution in [3.8, 4) is 51.0 Å². The van der Waals surface area contributed by atoms with E-state index in [9.17, 15) is 0 Å². The summed E-state index contributed by atoms with van der Waals surface area (Å²) in [6, 6.07) is 60.4. The van der Waals surface area contributed by atoms with Gasteiger partial charge in [0, 0.05) is 269 Å². The highest BCUT2D eigenvalue weighted by atomic mass is 35.5. The normalized spacial score (nSPS) is 17.8. The van der Waals surface area contributed by atoms with Crippen LogP contribution < -0.4 is 28.3 Å². The Morgan fingerprint density at radius 2 is 0.617 bits per heavy atom. The molecule has 0 bridgehead atoms. The van der Waals surface area contributed by atoms with E-state index in [-0.39, 0.29) is 104 Å². The van der Waals surface area contributed by atoms with Gasteiger partial charge in [-0.1, -0.05) is 108 Å². The predicted molar refractivity (Wildman–Crippen MR) is 573 cm³/mol. The number of anilines is 6. The Bertz CT molecular complexity index is 7340. The zero-order chi connectivity index (χ0) is 111. The van der Waals surface area contributed by atoms with E-state index < -0.39 is 46.5 Å². The summed E-state index contributed by atoms with van der Waals surface area (Å²) in [5.74, 6) is -3.46. The van der Waals surface area contributed by atoms with E-state index in [1.807, 2.05) is 69.3 Å². The minimum atomic E-state index is -5.30. The van der Waals surface area contributed by atoms with Crippen LogP contribution in [0.1, 0.15) is 125 Å². The molecule has 3 saturated heterocycles. The Morgan fingerprint density at radius 3 is 0.872 bits per heavy atom. The molecule has 9 aromatic carbocycles. The summed E-state index contributed by atoms with van der Waals surface area (Å²) in [5.41, 5.74) is 12.0. The molecule has 15 aromatic rings. The molecule has 6 aliphatic rings. The number of benzene rings is 9. The lowest BCUT2D eigenvalue weighted by molar-refractivity contribution is 0.0190. The number of nitrogens with zero attached hydrogens (tertiary/aromatic N) is 18. The third-order valence-corrected chi connectivity index (χ3v) is 31.4. The van der Waals surface area contributed by atoms with Gasteiger partial charge in [0.05, 0.1) is 92.0 Å². The highest BCUT2D eigenvalue weighted by Gasteiger charge is 2.42. The molecule has 12 heterocycles. The summed E-state index contributed by atoms with van der Waals surface area (Å²) < 4.78 is 137. The number of carbonyl (C=O) groups is 6. The first-order valence-electron chi connectivity index (χ1n) is 53.8. The number of phosphoric ester groups is 1. The van der Waals surface area contributed by atoms with Crippen LogP contribution in [0.2, 0.25) is 15.1 Å². The van der Waals surface area contributed by atoms with Crippen molar-refractivity contribution in [1.29, 1.82) is 0 Å². The molecule has 0 spiro atoms. The number of amides is 6. The SMILES string of the molecule is [2H]C([2H])([2H])n1cc(N(C(=O)c2cc(-c3cc(Cl)ccc3C(=O)N3Cc4ccccc4C[C@H]3CN3CCOCC3)n(C)c2C)c2ccc(OP(=O)(Oc3ccc(N(C(=O)c4cc(-c5cc(Cl)ccc5C(=O)N5Cc6ccccc6C[C@H]5CN5CCOCC5)n(C)c4C)c4cnn(C([2H])([2H])[2H])c4)cc3)Oc3ccc(N(C(=O)c4cc(-c5cc(Cl)ccc5C(=O)N5Cc6ccccc6C[C@H]5CN5CCOCC5)n(C)c4C)c4cnn(C([2H])([2H])[2H])c4)cc3)cc2)cn1. The molecular formula is C114H114Cl3N18O13P. The second-order valence-corrected chi connectivity index (χ2v) is 41.1. The quantitative estimate of drug-likeness (QED) is 0.0433. The lowest BCUT2D eigenvalue weighted by Crippen LogP contribution is -2.52. The standard InChI is InChI=1S/C114H114Cl3N18O13P/c1-73-100(58-106(124(73)7)103-55-82(115)22-37-97(103)109(136)130-64-79-19-13-10-16-76(79)52-88(130)70-127-40-46-143-47-41-127)112(139)133(91-61-118-121(4)67-91)85-25-31-94(32-26-85)146-149(142,147-95-33-27-86(28-34-95)134(92-62-119-122(5)68-92)113(140)101-59-107(125(8)74(101)2)104-56-83(116)23-38-98(104)110(137)131-65-80-20-14-11-17-77(80)53-89(131)71-128-42-48-144-49-43-128)148-96-35-29-87(30-36-96)135(93-63-120-123(6)69-93)114(141)102-60-108(126(9)75(102)3)105-57-84(117)24-39-99(105)111(138)132-66-81-21-15-12-18-78(81)54-90(132)72-129-44-50-145-51-45-129/h10-39,55-63,67-69,88-90H,40-54,64-66,70-72H2,1-9H3/t88-,89-,90-/m0/s1/i4D3,5D3,6D3. The van der Waals surface area contributed by atoms with Gasteiger partial charge in [-0.25, -0.2) is 0 Å². The number of morpholine rings is 3. The second kappa shape index (κ2) is 42.6. The molecule has 3 fully saturated rings. The summed E-state index contributed by atoms with van der Waals surface area (Å²) in [5, 5.41) is 13.6. The predicted octanol–water partition coefficient (Wildman–Crippen LogP) is 19.1. The molecule has 31 nitrogen and oxygen atoms in total. The summed E-state index contributed by atoms with van der Waals surface area (Å²) in [6.45, 7) is 7.16. The number of carbonyl (C=O) groups excluding carboxylic acids is 6. The van der Waals surface area contributed by atoms with Crippen molar-refractivity contribution in [2.45, 2.75) is 77.8 Å². The van der Waals surface area contributed by atoms with Gasteiger partial charge in [-0.15, -0.1) is 0 Å². The van der Waals surface area contributed by atoms with E-state index in [0.29, 0.717) is 220 Å². The number of ether oxygens (including phenoxy) is 3. The fourth-order valence-corrected chi connectivity index (χ4v) is 22.9. The van der Waals surface area contributed by atoms with E-state index in [2.05, 4.69) is 48.2 Å². The first-order valence-corrected chi connectivity index (χ1v) is 51.9. The highest BCUT2D eigenvalue weighted by Crippen LogP contribution is 2.52. The zero-order valence-corrected chi connectivity index (χ0v) is 85.9. The molecule has 21 rings (SSSR count). The Hall–Kier alpha value is -14.5. The van der Waals surface area contributed by atoms with Gasteiger partial charge in [-0.2, -0.15) is 19.9 Å². The molecule has 149 heavy (non-hydrogen) atoms. The van der Waals surface area contributed by atoms with Crippen LogP contribution in [0.3, 0.4) is 0 Å². The fourth-order valence-electron chi connectivity index (χ4n) is 21.2. The first-order chi connectivity index (χ1) is 75.7. The monoisotopic (exact) mass is 2090 g/mol. The summed E-state index contributed by atoms with van der Waals surface area (Å²) in [6.07, 6.45) is 9.05. The van der Waals surface area contributed by atoms with Crippen molar-refractivity contribution in [3.05, 3.63) is 354 Å². The number of phosphoric acid groups is 1. The third kappa shape index (κ3) is 20.8.